The molecule has 0 amide bonds. The third kappa shape index (κ3) is 3.56. The van der Waals surface area contributed by atoms with Crippen LogP contribution in [0.5, 0.6) is 0 Å². The lowest BCUT2D eigenvalue weighted by molar-refractivity contribution is 0.0696. The SMILES string of the molecule is O=C(O)c1cccc(CCN2CCCCC2)c1. The van der Waals surface area contributed by atoms with Crippen LogP contribution in [0.4, 0.5) is 0 Å². The van der Waals surface area contributed by atoms with Crippen molar-refractivity contribution in [3.05, 3.63) is 35.4 Å². The Bertz CT molecular complexity index is 384. The molecule has 1 heterocycles. The Hall–Kier alpha value is -1.35. The summed E-state index contributed by atoms with van der Waals surface area (Å²) in [5.74, 6) is -0.843. The van der Waals surface area contributed by atoms with Crippen molar-refractivity contribution in [1.82, 2.24) is 4.90 Å². The minimum atomic E-state index is -0.843. The quantitative estimate of drug-likeness (QED) is 0.868. The summed E-state index contributed by atoms with van der Waals surface area (Å²) in [4.78, 5) is 13.3. The first-order valence-corrected chi connectivity index (χ1v) is 6.30. The highest BCUT2D eigenvalue weighted by Crippen LogP contribution is 2.11. The fourth-order valence-electron chi connectivity index (χ4n) is 2.33. The van der Waals surface area contributed by atoms with Gasteiger partial charge in [-0.1, -0.05) is 18.6 Å². The molecule has 3 heteroatoms. The molecule has 0 atom stereocenters. The third-order valence-electron chi connectivity index (χ3n) is 3.34. The molecule has 0 saturated carbocycles. The molecule has 92 valence electrons. The number of carboxylic acid groups (broad SMARTS) is 1. The number of hydrogen-bond acceptors (Lipinski definition) is 2. The van der Waals surface area contributed by atoms with E-state index in [2.05, 4.69) is 4.90 Å². The highest BCUT2D eigenvalue weighted by Gasteiger charge is 2.10. The highest BCUT2D eigenvalue weighted by molar-refractivity contribution is 5.87. The average Bonchev–Trinajstić information content (AvgIpc) is 2.38. The maximum atomic E-state index is 10.8. The van der Waals surface area contributed by atoms with Crippen LogP contribution in [0.25, 0.3) is 0 Å². The number of benzene rings is 1. The molecule has 0 aliphatic carbocycles. The van der Waals surface area contributed by atoms with Gasteiger partial charge in [0.05, 0.1) is 5.56 Å². The summed E-state index contributed by atoms with van der Waals surface area (Å²) in [6.45, 7) is 3.43. The van der Waals surface area contributed by atoms with Gasteiger partial charge in [0, 0.05) is 6.54 Å². The number of aromatic carboxylic acids is 1. The minimum Gasteiger partial charge on any atom is -0.478 e. The Balaban J connectivity index is 1.89. The van der Waals surface area contributed by atoms with E-state index < -0.39 is 5.97 Å². The zero-order valence-corrected chi connectivity index (χ0v) is 10.1. The van der Waals surface area contributed by atoms with Crippen LogP contribution >= 0.6 is 0 Å². The zero-order chi connectivity index (χ0) is 12.1. The van der Waals surface area contributed by atoms with E-state index in [0.717, 1.165) is 18.5 Å². The Morgan fingerprint density at radius 3 is 2.71 bits per heavy atom. The van der Waals surface area contributed by atoms with Gasteiger partial charge in [-0.05, 0) is 50.0 Å². The highest BCUT2D eigenvalue weighted by atomic mass is 16.4. The van der Waals surface area contributed by atoms with Gasteiger partial charge >= 0.3 is 5.97 Å². The molecule has 0 radical (unpaired) electrons. The zero-order valence-electron chi connectivity index (χ0n) is 10.1. The molecule has 1 aromatic rings. The minimum absolute atomic E-state index is 0.390. The Morgan fingerprint density at radius 1 is 1.24 bits per heavy atom. The van der Waals surface area contributed by atoms with Gasteiger partial charge in [-0.2, -0.15) is 0 Å². The number of rotatable bonds is 4. The Morgan fingerprint density at radius 2 is 2.00 bits per heavy atom. The summed E-state index contributed by atoms with van der Waals surface area (Å²) in [5, 5.41) is 8.92. The van der Waals surface area contributed by atoms with Crippen molar-refractivity contribution in [2.45, 2.75) is 25.7 Å². The van der Waals surface area contributed by atoms with Crippen molar-refractivity contribution in [3.63, 3.8) is 0 Å². The maximum absolute atomic E-state index is 10.8. The van der Waals surface area contributed by atoms with Crippen LogP contribution in [0.3, 0.4) is 0 Å². The molecule has 0 aromatic heterocycles. The van der Waals surface area contributed by atoms with Crippen molar-refractivity contribution in [3.8, 4) is 0 Å². The molecular formula is C14H19NO2. The van der Waals surface area contributed by atoms with E-state index in [-0.39, 0.29) is 0 Å². The second kappa shape index (κ2) is 5.82. The fraction of sp³-hybridized carbons (Fsp3) is 0.500. The van der Waals surface area contributed by atoms with E-state index in [4.69, 9.17) is 5.11 Å². The van der Waals surface area contributed by atoms with Gasteiger partial charge in [-0.3, -0.25) is 0 Å². The largest absolute Gasteiger partial charge is 0.478 e. The standard InChI is InChI=1S/C14H19NO2/c16-14(17)13-6-4-5-12(11-13)7-10-15-8-2-1-3-9-15/h4-6,11H,1-3,7-10H2,(H,16,17). The van der Waals surface area contributed by atoms with Crippen molar-refractivity contribution in [2.24, 2.45) is 0 Å². The Kier molecular flexibility index (Phi) is 4.15. The number of hydrogen-bond donors (Lipinski definition) is 1. The molecule has 17 heavy (non-hydrogen) atoms. The predicted octanol–water partition coefficient (Wildman–Crippen LogP) is 2.41. The van der Waals surface area contributed by atoms with E-state index in [0.29, 0.717) is 5.56 Å². The molecular weight excluding hydrogens is 214 g/mol. The fourth-order valence-corrected chi connectivity index (χ4v) is 2.33. The van der Waals surface area contributed by atoms with E-state index in [9.17, 15) is 4.79 Å². The van der Waals surface area contributed by atoms with E-state index in [1.165, 1.54) is 32.4 Å². The van der Waals surface area contributed by atoms with Crippen LogP contribution in [-0.4, -0.2) is 35.6 Å². The van der Waals surface area contributed by atoms with E-state index in [1.807, 2.05) is 12.1 Å². The van der Waals surface area contributed by atoms with Crippen LogP contribution in [0.1, 0.15) is 35.2 Å². The molecule has 1 saturated heterocycles. The molecule has 1 N–H and O–H groups in total. The third-order valence-corrected chi connectivity index (χ3v) is 3.34. The first-order valence-electron chi connectivity index (χ1n) is 6.30. The normalized spacial score (nSPS) is 16.9. The molecule has 2 rings (SSSR count). The lowest BCUT2D eigenvalue weighted by atomic mass is 10.1. The van der Waals surface area contributed by atoms with E-state index in [1.54, 1.807) is 12.1 Å². The summed E-state index contributed by atoms with van der Waals surface area (Å²) in [5.41, 5.74) is 1.51. The van der Waals surface area contributed by atoms with Crippen LogP contribution in [0.2, 0.25) is 0 Å². The first kappa shape index (κ1) is 12.1. The number of piperidine rings is 1. The second-order valence-electron chi connectivity index (χ2n) is 4.66. The maximum Gasteiger partial charge on any atom is 0.335 e. The summed E-state index contributed by atoms with van der Waals surface area (Å²) < 4.78 is 0. The monoisotopic (exact) mass is 233 g/mol. The smallest absolute Gasteiger partial charge is 0.335 e. The topological polar surface area (TPSA) is 40.5 Å². The lowest BCUT2D eigenvalue weighted by Crippen LogP contribution is -2.31. The van der Waals surface area contributed by atoms with Gasteiger partial charge in [0.15, 0.2) is 0 Å². The average molecular weight is 233 g/mol. The molecule has 1 aliphatic heterocycles. The van der Waals surface area contributed by atoms with Crippen LogP contribution in [-0.2, 0) is 6.42 Å². The van der Waals surface area contributed by atoms with Gasteiger partial charge in [0.25, 0.3) is 0 Å². The first-order chi connectivity index (χ1) is 8.25. The number of carboxylic acids is 1. The summed E-state index contributed by atoms with van der Waals surface area (Å²) >= 11 is 0. The Labute approximate surface area is 102 Å². The lowest BCUT2D eigenvalue weighted by Gasteiger charge is -2.26. The number of likely N-dealkylation sites (tertiary alicyclic amines) is 1. The molecule has 3 nitrogen and oxygen atoms in total. The number of nitrogens with zero attached hydrogens (tertiary/aromatic N) is 1. The van der Waals surface area contributed by atoms with Crippen LogP contribution in [0.15, 0.2) is 24.3 Å². The predicted molar refractivity (Wildman–Crippen MR) is 67.4 cm³/mol. The molecule has 1 aliphatic rings. The van der Waals surface area contributed by atoms with Crippen molar-refractivity contribution < 1.29 is 9.90 Å². The van der Waals surface area contributed by atoms with Gasteiger partial charge in [0.2, 0.25) is 0 Å². The molecule has 0 spiro atoms. The summed E-state index contributed by atoms with van der Waals surface area (Å²) in [6.07, 6.45) is 4.90. The molecule has 0 unspecified atom stereocenters. The molecule has 0 bridgehead atoms. The van der Waals surface area contributed by atoms with E-state index >= 15 is 0 Å². The van der Waals surface area contributed by atoms with Crippen molar-refractivity contribution in [2.75, 3.05) is 19.6 Å². The molecule has 1 aromatic carbocycles. The van der Waals surface area contributed by atoms with Gasteiger partial charge in [-0.25, -0.2) is 4.79 Å². The number of carbonyl (C=O) groups is 1. The van der Waals surface area contributed by atoms with Gasteiger partial charge < -0.3 is 10.0 Å². The van der Waals surface area contributed by atoms with Crippen LogP contribution in [0, 0.1) is 0 Å². The second-order valence-corrected chi connectivity index (χ2v) is 4.66. The summed E-state index contributed by atoms with van der Waals surface area (Å²) in [7, 11) is 0. The molecule has 1 fully saturated rings. The van der Waals surface area contributed by atoms with Crippen LogP contribution < -0.4 is 0 Å². The van der Waals surface area contributed by atoms with Crippen molar-refractivity contribution in [1.29, 1.82) is 0 Å². The van der Waals surface area contributed by atoms with Gasteiger partial charge in [-0.15, -0.1) is 0 Å². The van der Waals surface area contributed by atoms with Gasteiger partial charge in [0.1, 0.15) is 0 Å². The van der Waals surface area contributed by atoms with Crippen molar-refractivity contribution >= 4 is 5.97 Å². The summed E-state index contributed by atoms with van der Waals surface area (Å²) in [6, 6.07) is 7.27.